The molecular formula is C15H24N4O2. The number of rotatable bonds is 5. The summed E-state index contributed by atoms with van der Waals surface area (Å²) in [7, 11) is 0. The van der Waals surface area contributed by atoms with Crippen molar-refractivity contribution in [1.29, 1.82) is 0 Å². The second kappa shape index (κ2) is 6.93. The second-order valence-electron chi connectivity index (χ2n) is 5.96. The van der Waals surface area contributed by atoms with E-state index in [4.69, 9.17) is 4.74 Å². The Kier molecular flexibility index (Phi) is 4.75. The predicted molar refractivity (Wildman–Crippen MR) is 79.0 cm³/mol. The Morgan fingerprint density at radius 1 is 1.43 bits per heavy atom. The number of ether oxygens (including phenoxy) is 1. The molecule has 2 aliphatic rings. The van der Waals surface area contributed by atoms with Gasteiger partial charge in [0.15, 0.2) is 0 Å². The number of aryl methyl sites for hydroxylation is 1. The van der Waals surface area contributed by atoms with Crippen molar-refractivity contribution in [2.45, 2.75) is 44.8 Å². The molecule has 116 valence electrons. The zero-order valence-corrected chi connectivity index (χ0v) is 12.4. The van der Waals surface area contributed by atoms with Crippen LogP contribution in [0.15, 0.2) is 12.4 Å². The molecule has 2 atom stereocenters. The maximum absolute atomic E-state index is 11.8. The Morgan fingerprint density at radius 3 is 3.24 bits per heavy atom. The molecule has 0 aliphatic carbocycles. The molecule has 3 rings (SSSR count). The van der Waals surface area contributed by atoms with Gasteiger partial charge in [0.2, 0.25) is 0 Å². The van der Waals surface area contributed by atoms with Crippen molar-refractivity contribution in [2.75, 3.05) is 19.7 Å². The topological polar surface area (TPSA) is 68.2 Å². The normalized spacial score (nSPS) is 24.6. The first-order chi connectivity index (χ1) is 10.3. The van der Waals surface area contributed by atoms with E-state index in [1.807, 2.05) is 12.4 Å². The van der Waals surface area contributed by atoms with E-state index in [1.54, 1.807) is 0 Å². The van der Waals surface area contributed by atoms with Gasteiger partial charge in [-0.05, 0) is 31.6 Å². The highest BCUT2D eigenvalue weighted by atomic mass is 16.5. The van der Waals surface area contributed by atoms with Crippen LogP contribution in [0.3, 0.4) is 0 Å². The van der Waals surface area contributed by atoms with Crippen LogP contribution in [0.2, 0.25) is 0 Å². The number of urea groups is 1. The van der Waals surface area contributed by atoms with Crippen molar-refractivity contribution in [3.05, 3.63) is 18.2 Å². The van der Waals surface area contributed by atoms with Crippen LogP contribution in [0, 0.1) is 5.92 Å². The van der Waals surface area contributed by atoms with Crippen molar-refractivity contribution in [3.8, 4) is 0 Å². The SMILES string of the molecule is O=C(NCC[C@@H]1CCCO1)NC[C@H]1CCc2nccn2C1. The quantitative estimate of drug-likeness (QED) is 0.860. The third kappa shape index (κ3) is 3.97. The minimum atomic E-state index is -0.0653. The number of hydrogen-bond acceptors (Lipinski definition) is 3. The van der Waals surface area contributed by atoms with E-state index in [2.05, 4.69) is 20.2 Å². The summed E-state index contributed by atoms with van der Waals surface area (Å²) in [6, 6.07) is -0.0653. The Balaban J connectivity index is 1.31. The molecule has 3 heterocycles. The fraction of sp³-hybridized carbons (Fsp3) is 0.733. The molecule has 6 nitrogen and oxygen atoms in total. The molecule has 1 aromatic heterocycles. The van der Waals surface area contributed by atoms with Crippen LogP contribution < -0.4 is 10.6 Å². The number of fused-ring (bicyclic) bond motifs is 1. The molecule has 1 saturated heterocycles. The maximum atomic E-state index is 11.8. The average molecular weight is 292 g/mol. The first-order valence-electron chi connectivity index (χ1n) is 7.94. The molecule has 1 fully saturated rings. The van der Waals surface area contributed by atoms with E-state index in [0.717, 1.165) is 57.6 Å². The van der Waals surface area contributed by atoms with Gasteiger partial charge in [-0.25, -0.2) is 9.78 Å². The van der Waals surface area contributed by atoms with Crippen molar-refractivity contribution in [3.63, 3.8) is 0 Å². The number of hydrogen-bond donors (Lipinski definition) is 2. The lowest BCUT2D eigenvalue weighted by Crippen LogP contribution is -2.40. The molecule has 0 aromatic carbocycles. The fourth-order valence-electron chi connectivity index (χ4n) is 3.12. The summed E-state index contributed by atoms with van der Waals surface area (Å²) in [5, 5.41) is 5.89. The predicted octanol–water partition coefficient (Wildman–Crippen LogP) is 1.31. The third-order valence-electron chi connectivity index (χ3n) is 4.36. The number of nitrogens with one attached hydrogen (secondary N) is 2. The summed E-state index contributed by atoms with van der Waals surface area (Å²) in [5.74, 6) is 1.66. The number of amides is 2. The van der Waals surface area contributed by atoms with Crippen LogP contribution in [0.1, 0.15) is 31.5 Å². The minimum Gasteiger partial charge on any atom is -0.378 e. The second-order valence-corrected chi connectivity index (χ2v) is 5.96. The lowest BCUT2D eigenvalue weighted by Gasteiger charge is -2.24. The average Bonchev–Trinajstić information content (AvgIpc) is 3.15. The highest BCUT2D eigenvalue weighted by Gasteiger charge is 2.19. The highest BCUT2D eigenvalue weighted by Crippen LogP contribution is 2.18. The van der Waals surface area contributed by atoms with E-state index in [9.17, 15) is 4.79 Å². The van der Waals surface area contributed by atoms with Gasteiger partial charge in [0.25, 0.3) is 0 Å². The van der Waals surface area contributed by atoms with Gasteiger partial charge in [0, 0.05) is 45.1 Å². The molecule has 0 saturated carbocycles. The van der Waals surface area contributed by atoms with Gasteiger partial charge in [0.1, 0.15) is 5.82 Å². The standard InChI is InChI=1S/C15H24N4O2/c20-15(17-6-5-13-2-1-9-21-13)18-10-12-3-4-14-16-7-8-19(14)11-12/h7-8,12-13H,1-6,9-11H2,(H2,17,18,20)/t12-,13+/m1/s1. The Bertz CT molecular complexity index is 468. The fourth-order valence-corrected chi connectivity index (χ4v) is 3.12. The molecule has 2 amide bonds. The molecule has 2 N–H and O–H groups in total. The largest absolute Gasteiger partial charge is 0.378 e. The van der Waals surface area contributed by atoms with Gasteiger partial charge < -0.3 is 19.9 Å². The number of aromatic nitrogens is 2. The smallest absolute Gasteiger partial charge is 0.314 e. The van der Waals surface area contributed by atoms with Gasteiger partial charge >= 0.3 is 6.03 Å². The van der Waals surface area contributed by atoms with Gasteiger partial charge in [0.05, 0.1) is 6.10 Å². The van der Waals surface area contributed by atoms with E-state index in [1.165, 1.54) is 0 Å². The lowest BCUT2D eigenvalue weighted by molar-refractivity contribution is 0.104. The third-order valence-corrected chi connectivity index (χ3v) is 4.36. The van der Waals surface area contributed by atoms with Gasteiger partial charge in [-0.1, -0.05) is 0 Å². The van der Waals surface area contributed by atoms with E-state index >= 15 is 0 Å². The first-order valence-corrected chi connectivity index (χ1v) is 7.94. The zero-order chi connectivity index (χ0) is 14.5. The maximum Gasteiger partial charge on any atom is 0.314 e. The number of carbonyl (C=O) groups is 1. The number of nitrogens with zero attached hydrogens (tertiary/aromatic N) is 2. The first kappa shape index (κ1) is 14.4. The van der Waals surface area contributed by atoms with Crippen LogP contribution >= 0.6 is 0 Å². The van der Waals surface area contributed by atoms with Gasteiger partial charge in [-0.15, -0.1) is 0 Å². The summed E-state index contributed by atoms with van der Waals surface area (Å²) < 4.78 is 7.72. The van der Waals surface area contributed by atoms with Crippen molar-refractivity contribution in [2.24, 2.45) is 5.92 Å². The molecular weight excluding hydrogens is 268 g/mol. The zero-order valence-electron chi connectivity index (χ0n) is 12.4. The molecule has 1 aromatic rings. The van der Waals surface area contributed by atoms with Crippen molar-refractivity contribution in [1.82, 2.24) is 20.2 Å². The Hall–Kier alpha value is -1.56. The highest BCUT2D eigenvalue weighted by molar-refractivity contribution is 5.73. The molecule has 21 heavy (non-hydrogen) atoms. The Morgan fingerprint density at radius 2 is 2.38 bits per heavy atom. The molecule has 0 radical (unpaired) electrons. The van der Waals surface area contributed by atoms with Crippen molar-refractivity contribution < 1.29 is 9.53 Å². The van der Waals surface area contributed by atoms with Crippen LogP contribution in [-0.2, 0) is 17.7 Å². The summed E-state index contributed by atoms with van der Waals surface area (Å²) in [4.78, 5) is 16.1. The van der Waals surface area contributed by atoms with Crippen molar-refractivity contribution >= 4 is 6.03 Å². The summed E-state index contributed by atoms with van der Waals surface area (Å²) in [6.07, 6.45) is 9.48. The van der Waals surface area contributed by atoms with Crippen LogP contribution in [-0.4, -0.2) is 41.4 Å². The minimum absolute atomic E-state index is 0.0653. The van der Waals surface area contributed by atoms with E-state index < -0.39 is 0 Å². The molecule has 0 unspecified atom stereocenters. The summed E-state index contributed by atoms with van der Waals surface area (Å²) >= 11 is 0. The molecule has 0 spiro atoms. The molecule has 0 bridgehead atoms. The number of carbonyl (C=O) groups excluding carboxylic acids is 1. The summed E-state index contributed by atoms with van der Waals surface area (Å²) in [6.45, 7) is 3.23. The van der Waals surface area contributed by atoms with E-state index in [-0.39, 0.29) is 6.03 Å². The van der Waals surface area contributed by atoms with Crippen LogP contribution in [0.25, 0.3) is 0 Å². The van der Waals surface area contributed by atoms with Crippen LogP contribution in [0.4, 0.5) is 4.79 Å². The van der Waals surface area contributed by atoms with E-state index in [0.29, 0.717) is 18.6 Å². The summed E-state index contributed by atoms with van der Waals surface area (Å²) in [5.41, 5.74) is 0. The lowest BCUT2D eigenvalue weighted by atomic mass is 9.99. The van der Waals surface area contributed by atoms with Gasteiger partial charge in [-0.3, -0.25) is 0 Å². The molecule has 6 heteroatoms. The van der Waals surface area contributed by atoms with Crippen LogP contribution in [0.5, 0.6) is 0 Å². The van der Waals surface area contributed by atoms with Gasteiger partial charge in [-0.2, -0.15) is 0 Å². The number of imidazole rings is 1. The molecule has 2 aliphatic heterocycles. The monoisotopic (exact) mass is 292 g/mol. The Labute approximate surface area is 125 Å².